The van der Waals surface area contributed by atoms with Crippen molar-refractivity contribution < 1.29 is 9.59 Å². The standard InChI is InChI=1S/C12H30N8O2/c13-11(14)17-5-1-3-9(7-21)19-20-10(8-22)4-2-6-18-12(15)16/h7-12,17-20H,1-6,13-16H2/t9-,10-/m0/s1. The minimum absolute atomic E-state index is 0.381. The maximum Gasteiger partial charge on any atom is 0.138 e. The molecule has 0 aromatic heterocycles. The summed E-state index contributed by atoms with van der Waals surface area (Å²) in [6.45, 7) is 1.23. The van der Waals surface area contributed by atoms with Gasteiger partial charge in [0.25, 0.3) is 0 Å². The third-order valence-corrected chi connectivity index (χ3v) is 2.93. The summed E-state index contributed by atoms with van der Waals surface area (Å²) in [5.74, 6) is 0. The van der Waals surface area contributed by atoms with E-state index in [0.29, 0.717) is 25.9 Å². The van der Waals surface area contributed by atoms with E-state index in [9.17, 15) is 9.59 Å². The third-order valence-electron chi connectivity index (χ3n) is 2.93. The molecule has 2 atom stereocenters. The maximum atomic E-state index is 11.0. The topological polar surface area (TPSA) is 186 Å². The second kappa shape index (κ2) is 13.7. The number of hydrogen-bond acceptors (Lipinski definition) is 10. The molecule has 0 saturated carbocycles. The number of nitrogens with two attached hydrogens (primary N) is 4. The quantitative estimate of drug-likeness (QED) is 0.0647. The van der Waals surface area contributed by atoms with Crippen LogP contribution in [0.5, 0.6) is 0 Å². The van der Waals surface area contributed by atoms with Crippen LogP contribution < -0.4 is 44.4 Å². The van der Waals surface area contributed by atoms with Crippen LogP contribution in [0, 0.1) is 0 Å². The summed E-state index contributed by atoms with van der Waals surface area (Å²) in [5, 5.41) is 5.70. The van der Waals surface area contributed by atoms with E-state index in [1.165, 1.54) is 0 Å². The van der Waals surface area contributed by atoms with E-state index >= 15 is 0 Å². The molecular formula is C12H30N8O2. The van der Waals surface area contributed by atoms with Crippen molar-refractivity contribution in [1.29, 1.82) is 0 Å². The predicted octanol–water partition coefficient (Wildman–Crippen LogP) is -3.64. The molecule has 0 saturated heterocycles. The fraction of sp³-hybridized carbons (Fsp3) is 0.833. The van der Waals surface area contributed by atoms with Gasteiger partial charge in [-0.1, -0.05) is 0 Å². The molecule has 0 spiro atoms. The Hall–Kier alpha value is -0.980. The number of rotatable bonds is 15. The van der Waals surface area contributed by atoms with E-state index in [0.717, 1.165) is 25.4 Å². The average molecular weight is 318 g/mol. The van der Waals surface area contributed by atoms with Gasteiger partial charge in [0, 0.05) is 0 Å². The van der Waals surface area contributed by atoms with Crippen molar-refractivity contribution in [2.45, 2.75) is 50.3 Å². The smallest absolute Gasteiger partial charge is 0.138 e. The zero-order valence-electron chi connectivity index (χ0n) is 12.8. The molecule has 0 radical (unpaired) electrons. The molecule has 0 unspecified atom stereocenters. The van der Waals surface area contributed by atoms with Crippen molar-refractivity contribution in [3.8, 4) is 0 Å². The van der Waals surface area contributed by atoms with Gasteiger partial charge in [0.2, 0.25) is 0 Å². The molecule has 0 amide bonds. The van der Waals surface area contributed by atoms with Gasteiger partial charge in [0.05, 0.1) is 12.1 Å². The summed E-state index contributed by atoms with van der Waals surface area (Å²) in [7, 11) is 0. The van der Waals surface area contributed by atoms with E-state index in [4.69, 9.17) is 22.9 Å². The Morgan fingerprint density at radius 2 is 1.09 bits per heavy atom. The third kappa shape index (κ3) is 12.7. The first-order valence-corrected chi connectivity index (χ1v) is 7.40. The Balaban J connectivity index is 3.82. The minimum Gasteiger partial charge on any atom is -0.304 e. The van der Waals surface area contributed by atoms with E-state index in [2.05, 4.69) is 21.5 Å². The fourth-order valence-corrected chi connectivity index (χ4v) is 1.74. The molecule has 10 heteroatoms. The highest BCUT2D eigenvalue weighted by atomic mass is 16.1. The number of carbonyl (C=O) groups is 2. The van der Waals surface area contributed by atoms with Gasteiger partial charge in [-0.15, -0.1) is 0 Å². The average Bonchev–Trinajstić information content (AvgIpc) is 2.47. The van der Waals surface area contributed by atoms with Crippen LogP contribution in [-0.4, -0.2) is 50.3 Å². The molecule has 10 nitrogen and oxygen atoms in total. The molecule has 0 aromatic carbocycles. The van der Waals surface area contributed by atoms with Crippen molar-refractivity contribution in [2.24, 2.45) is 22.9 Å². The van der Waals surface area contributed by atoms with Crippen LogP contribution in [-0.2, 0) is 9.59 Å². The molecule has 22 heavy (non-hydrogen) atoms. The Morgan fingerprint density at radius 3 is 1.36 bits per heavy atom. The molecule has 0 aliphatic heterocycles. The van der Waals surface area contributed by atoms with Crippen LogP contribution in [0.2, 0.25) is 0 Å². The zero-order valence-corrected chi connectivity index (χ0v) is 12.8. The molecule has 0 aromatic rings. The van der Waals surface area contributed by atoms with Crippen molar-refractivity contribution in [2.75, 3.05) is 13.1 Å². The second-order valence-electron chi connectivity index (χ2n) is 5.02. The van der Waals surface area contributed by atoms with Crippen LogP contribution >= 0.6 is 0 Å². The van der Waals surface area contributed by atoms with Gasteiger partial charge < -0.3 is 32.5 Å². The fourth-order valence-electron chi connectivity index (χ4n) is 1.74. The van der Waals surface area contributed by atoms with Crippen LogP contribution in [0.15, 0.2) is 0 Å². The zero-order chi connectivity index (χ0) is 16.8. The molecule has 12 N–H and O–H groups in total. The highest BCUT2D eigenvalue weighted by Crippen LogP contribution is 1.96. The van der Waals surface area contributed by atoms with Crippen molar-refractivity contribution >= 4 is 12.6 Å². The molecule has 0 bridgehead atoms. The summed E-state index contributed by atoms with van der Waals surface area (Å²) in [6.07, 6.45) is 3.14. The predicted molar refractivity (Wildman–Crippen MR) is 84.8 cm³/mol. The lowest BCUT2D eigenvalue weighted by molar-refractivity contribution is -0.112. The normalized spacial score (nSPS) is 14.3. The van der Waals surface area contributed by atoms with E-state index < -0.39 is 12.6 Å². The highest BCUT2D eigenvalue weighted by molar-refractivity contribution is 5.59. The lowest BCUT2D eigenvalue weighted by Crippen LogP contribution is -2.49. The highest BCUT2D eigenvalue weighted by Gasteiger charge is 2.11. The van der Waals surface area contributed by atoms with Gasteiger partial charge in [-0.3, -0.25) is 10.6 Å². The molecule has 0 aliphatic carbocycles. The van der Waals surface area contributed by atoms with Crippen LogP contribution in [0.4, 0.5) is 0 Å². The molecule has 130 valence electrons. The summed E-state index contributed by atoms with van der Waals surface area (Å²) in [6, 6.07) is -0.761. The minimum atomic E-state index is -0.560. The molecule has 0 aliphatic rings. The first-order chi connectivity index (χ1) is 10.5. The van der Waals surface area contributed by atoms with E-state index in [1.54, 1.807) is 0 Å². The van der Waals surface area contributed by atoms with Crippen LogP contribution in [0.1, 0.15) is 25.7 Å². The van der Waals surface area contributed by atoms with Gasteiger partial charge >= 0.3 is 0 Å². The van der Waals surface area contributed by atoms with Crippen LogP contribution in [0.3, 0.4) is 0 Å². The van der Waals surface area contributed by atoms with Gasteiger partial charge in [-0.2, -0.15) is 0 Å². The van der Waals surface area contributed by atoms with Gasteiger partial charge in [0.1, 0.15) is 25.2 Å². The summed E-state index contributed by atoms with van der Waals surface area (Å²) in [4.78, 5) is 21.9. The van der Waals surface area contributed by atoms with Crippen molar-refractivity contribution in [3.63, 3.8) is 0 Å². The monoisotopic (exact) mass is 318 g/mol. The lowest BCUT2D eigenvalue weighted by Gasteiger charge is -2.18. The SMILES string of the molecule is NC(N)NCCC[C@@H](C=O)NN[C@H](C=O)CCCNC(N)N. The molecule has 0 heterocycles. The summed E-state index contributed by atoms with van der Waals surface area (Å²) >= 11 is 0. The molecule has 0 fully saturated rings. The largest absolute Gasteiger partial charge is 0.304 e. The summed E-state index contributed by atoms with van der Waals surface area (Å²) < 4.78 is 0. The number of nitrogens with one attached hydrogen (secondary N) is 4. The Labute approximate surface area is 131 Å². The number of aldehydes is 2. The first-order valence-electron chi connectivity index (χ1n) is 7.40. The van der Waals surface area contributed by atoms with Gasteiger partial charge in [-0.25, -0.2) is 10.9 Å². The maximum absolute atomic E-state index is 11.0. The van der Waals surface area contributed by atoms with E-state index in [1.807, 2.05) is 0 Å². The second-order valence-corrected chi connectivity index (χ2v) is 5.02. The Morgan fingerprint density at radius 1 is 0.727 bits per heavy atom. The van der Waals surface area contributed by atoms with E-state index in [-0.39, 0.29) is 12.1 Å². The summed E-state index contributed by atoms with van der Waals surface area (Å²) in [5.41, 5.74) is 27.1. The van der Waals surface area contributed by atoms with Gasteiger partial charge in [-0.05, 0) is 38.8 Å². The Bertz CT molecular complexity index is 262. The van der Waals surface area contributed by atoms with Crippen molar-refractivity contribution in [3.05, 3.63) is 0 Å². The number of hydrazine groups is 1. The first kappa shape index (κ1) is 21.0. The Kier molecular flexibility index (Phi) is 13.1. The molecule has 0 rings (SSSR count). The number of carbonyl (C=O) groups excluding carboxylic acids is 2. The number of hydrogen-bond donors (Lipinski definition) is 8. The van der Waals surface area contributed by atoms with Crippen molar-refractivity contribution in [1.82, 2.24) is 21.5 Å². The van der Waals surface area contributed by atoms with Gasteiger partial charge in [0.15, 0.2) is 0 Å². The molecular weight excluding hydrogens is 288 g/mol. The van der Waals surface area contributed by atoms with Crippen LogP contribution in [0.25, 0.3) is 0 Å². The lowest BCUT2D eigenvalue weighted by atomic mass is 10.1.